The summed E-state index contributed by atoms with van der Waals surface area (Å²) in [6, 6.07) is 12.6. The Morgan fingerprint density at radius 2 is 1.79 bits per heavy atom. The van der Waals surface area contributed by atoms with Crippen LogP contribution in [0.5, 0.6) is 0 Å². The first-order valence-electron chi connectivity index (χ1n) is 8.20. The number of benzene rings is 2. The van der Waals surface area contributed by atoms with Crippen molar-refractivity contribution in [2.75, 3.05) is 5.32 Å². The van der Waals surface area contributed by atoms with Crippen LogP contribution >= 0.6 is 11.8 Å². The van der Waals surface area contributed by atoms with Crippen molar-refractivity contribution in [1.29, 1.82) is 0 Å². The average molecular weight is 397 g/mol. The molecule has 0 saturated carbocycles. The number of hydrogen-bond acceptors (Lipinski definition) is 6. The van der Waals surface area contributed by atoms with Crippen molar-refractivity contribution in [1.82, 2.24) is 4.90 Å². The summed E-state index contributed by atoms with van der Waals surface area (Å²) in [6.45, 7) is 1.45. The Labute approximate surface area is 164 Å². The molecule has 0 bridgehead atoms. The van der Waals surface area contributed by atoms with Gasteiger partial charge >= 0.3 is 0 Å². The molecule has 1 aliphatic rings. The van der Waals surface area contributed by atoms with Gasteiger partial charge in [0, 0.05) is 24.7 Å². The standard InChI is InChI=1S/C19H15N3O5S/c1-12(23)20-15-6-2-13(3-7-15)10-17-18(24)21(19(25)28-17)11-14-4-8-16(9-5-14)22(26)27/h2-10H,11H2,1H3,(H,20,23). The smallest absolute Gasteiger partial charge is 0.293 e. The average Bonchev–Trinajstić information content (AvgIpc) is 2.91. The highest BCUT2D eigenvalue weighted by Gasteiger charge is 2.35. The van der Waals surface area contributed by atoms with Gasteiger partial charge in [0.2, 0.25) is 5.91 Å². The number of carbonyl (C=O) groups excluding carboxylic acids is 3. The Bertz CT molecular complexity index is 984. The summed E-state index contributed by atoms with van der Waals surface area (Å²) in [5.41, 5.74) is 1.92. The molecule has 142 valence electrons. The van der Waals surface area contributed by atoms with Gasteiger partial charge in [-0.2, -0.15) is 0 Å². The minimum atomic E-state index is -0.510. The lowest BCUT2D eigenvalue weighted by Gasteiger charge is -2.12. The molecule has 3 rings (SSSR count). The molecule has 0 unspecified atom stereocenters. The van der Waals surface area contributed by atoms with Crippen molar-refractivity contribution in [3.63, 3.8) is 0 Å². The number of carbonyl (C=O) groups is 3. The van der Waals surface area contributed by atoms with Gasteiger partial charge < -0.3 is 5.32 Å². The molecule has 3 amide bonds. The van der Waals surface area contributed by atoms with Gasteiger partial charge in [-0.3, -0.25) is 29.4 Å². The van der Waals surface area contributed by atoms with E-state index in [0.717, 1.165) is 22.2 Å². The molecule has 8 nitrogen and oxygen atoms in total. The van der Waals surface area contributed by atoms with Gasteiger partial charge in [-0.15, -0.1) is 0 Å². The Kier molecular flexibility index (Phi) is 5.55. The highest BCUT2D eigenvalue weighted by atomic mass is 32.2. The number of nitrogens with zero attached hydrogens (tertiary/aromatic N) is 2. The van der Waals surface area contributed by atoms with Gasteiger partial charge in [0.25, 0.3) is 16.8 Å². The maximum absolute atomic E-state index is 12.6. The molecule has 0 atom stereocenters. The number of nitrogens with one attached hydrogen (secondary N) is 1. The van der Waals surface area contributed by atoms with E-state index in [1.807, 2.05) is 0 Å². The number of rotatable bonds is 5. The molecule has 2 aromatic carbocycles. The lowest BCUT2D eigenvalue weighted by molar-refractivity contribution is -0.384. The second-order valence-corrected chi connectivity index (χ2v) is 6.99. The molecule has 0 aromatic heterocycles. The predicted octanol–water partition coefficient (Wildman–Crippen LogP) is 3.79. The third-order valence-electron chi connectivity index (χ3n) is 3.89. The fourth-order valence-corrected chi connectivity index (χ4v) is 3.40. The van der Waals surface area contributed by atoms with E-state index < -0.39 is 16.1 Å². The first-order chi connectivity index (χ1) is 13.3. The lowest BCUT2D eigenvalue weighted by Crippen LogP contribution is -2.27. The molecule has 0 spiro atoms. The first kappa shape index (κ1) is 19.3. The summed E-state index contributed by atoms with van der Waals surface area (Å²) in [5, 5.41) is 13.0. The van der Waals surface area contributed by atoms with E-state index in [0.29, 0.717) is 16.2 Å². The number of amides is 3. The molecule has 1 fully saturated rings. The molecule has 2 aromatic rings. The van der Waals surface area contributed by atoms with Crippen LogP contribution in [0.25, 0.3) is 6.08 Å². The molecule has 9 heteroatoms. The SMILES string of the molecule is CC(=O)Nc1ccc(C=C2SC(=O)N(Cc3ccc([N+](=O)[O-])cc3)C2=O)cc1. The van der Waals surface area contributed by atoms with Crippen molar-refractivity contribution in [3.05, 3.63) is 74.7 Å². The third-order valence-corrected chi connectivity index (χ3v) is 4.80. The van der Waals surface area contributed by atoms with Gasteiger partial charge in [-0.05, 0) is 41.1 Å². The van der Waals surface area contributed by atoms with Gasteiger partial charge in [0.15, 0.2) is 0 Å². The van der Waals surface area contributed by atoms with E-state index in [9.17, 15) is 24.5 Å². The monoisotopic (exact) mass is 397 g/mol. The van der Waals surface area contributed by atoms with Crippen LogP contribution in [0.3, 0.4) is 0 Å². The second-order valence-electron chi connectivity index (χ2n) is 5.99. The van der Waals surface area contributed by atoms with Crippen LogP contribution in [0.15, 0.2) is 53.4 Å². The minimum Gasteiger partial charge on any atom is -0.326 e. The van der Waals surface area contributed by atoms with Crippen LogP contribution < -0.4 is 5.32 Å². The highest BCUT2D eigenvalue weighted by molar-refractivity contribution is 8.18. The zero-order valence-electron chi connectivity index (χ0n) is 14.7. The summed E-state index contributed by atoms with van der Waals surface area (Å²) >= 11 is 0.839. The topological polar surface area (TPSA) is 110 Å². The third kappa shape index (κ3) is 4.44. The van der Waals surface area contributed by atoms with Gasteiger partial charge in [0.1, 0.15) is 0 Å². The normalized spacial score (nSPS) is 15.2. The van der Waals surface area contributed by atoms with Crippen molar-refractivity contribution < 1.29 is 19.3 Å². The number of hydrogen-bond donors (Lipinski definition) is 1. The van der Waals surface area contributed by atoms with Crippen LogP contribution in [0.2, 0.25) is 0 Å². The zero-order chi connectivity index (χ0) is 20.3. The Morgan fingerprint density at radius 1 is 1.14 bits per heavy atom. The summed E-state index contributed by atoms with van der Waals surface area (Å²) in [7, 11) is 0. The van der Waals surface area contributed by atoms with E-state index in [-0.39, 0.29) is 18.1 Å². The van der Waals surface area contributed by atoms with Gasteiger partial charge in [-0.25, -0.2) is 0 Å². The van der Waals surface area contributed by atoms with Crippen LogP contribution in [0.1, 0.15) is 18.1 Å². The van der Waals surface area contributed by atoms with Crippen LogP contribution in [-0.2, 0) is 16.1 Å². The number of non-ortho nitro benzene ring substituents is 1. The molecule has 1 saturated heterocycles. The number of anilines is 1. The van der Waals surface area contributed by atoms with Gasteiger partial charge in [0.05, 0.1) is 16.4 Å². The molecule has 28 heavy (non-hydrogen) atoms. The molecule has 1 N–H and O–H groups in total. The fraction of sp³-hybridized carbons (Fsp3) is 0.105. The van der Waals surface area contributed by atoms with Crippen LogP contribution in [0.4, 0.5) is 16.2 Å². The molecule has 0 radical (unpaired) electrons. The fourth-order valence-electron chi connectivity index (χ4n) is 2.56. The Balaban J connectivity index is 1.72. The van der Waals surface area contributed by atoms with E-state index in [1.165, 1.54) is 31.2 Å². The summed E-state index contributed by atoms with van der Waals surface area (Å²) in [4.78, 5) is 47.4. The molecule has 1 heterocycles. The van der Waals surface area contributed by atoms with Crippen molar-refractivity contribution in [2.24, 2.45) is 0 Å². The molecular formula is C19H15N3O5S. The number of imide groups is 1. The largest absolute Gasteiger partial charge is 0.326 e. The Morgan fingerprint density at radius 3 is 2.36 bits per heavy atom. The van der Waals surface area contributed by atoms with E-state index in [2.05, 4.69) is 5.32 Å². The summed E-state index contributed by atoms with van der Waals surface area (Å²) in [6.07, 6.45) is 1.61. The first-order valence-corrected chi connectivity index (χ1v) is 9.01. The molecule has 1 aliphatic heterocycles. The van der Waals surface area contributed by atoms with Crippen molar-refractivity contribution in [2.45, 2.75) is 13.5 Å². The maximum Gasteiger partial charge on any atom is 0.293 e. The number of nitro benzene ring substituents is 1. The zero-order valence-corrected chi connectivity index (χ0v) is 15.6. The Hall–Kier alpha value is -3.46. The van der Waals surface area contributed by atoms with Crippen LogP contribution in [-0.4, -0.2) is 26.9 Å². The molecule has 0 aliphatic carbocycles. The lowest BCUT2D eigenvalue weighted by atomic mass is 10.1. The van der Waals surface area contributed by atoms with Gasteiger partial charge in [-0.1, -0.05) is 24.3 Å². The summed E-state index contributed by atoms with van der Waals surface area (Å²) < 4.78 is 0. The van der Waals surface area contributed by atoms with Crippen molar-refractivity contribution >= 4 is 46.3 Å². The quantitative estimate of drug-likeness (QED) is 0.467. The van der Waals surface area contributed by atoms with Crippen molar-refractivity contribution in [3.8, 4) is 0 Å². The molecular weight excluding hydrogens is 382 g/mol. The van der Waals surface area contributed by atoms with E-state index >= 15 is 0 Å². The van der Waals surface area contributed by atoms with E-state index in [1.54, 1.807) is 30.3 Å². The number of nitro groups is 1. The van der Waals surface area contributed by atoms with Crippen LogP contribution in [0, 0.1) is 10.1 Å². The predicted molar refractivity (Wildman–Crippen MR) is 105 cm³/mol. The minimum absolute atomic E-state index is 0.0431. The summed E-state index contributed by atoms with van der Waals surface area (Å²) in [5.74, 6) is -0.598. The van der Waals surface area contributed by atoms with E-state index in [4.69, 9.17) is 0 Å². The maximum atomic E-state index is 12.6. The second kappa shape index (κ2) is 8.05. The number of thioether (sulfide) groups is 1. The highest BCUT2D eigenvalue weighted by Crippen LogP contribution is 2.33.